The number of halogens is 3. The van der Waals surface area contributed by atoms with E-state index >= 15 is 0 Å². The van der Waals surface area contributed by atoms with E-state index in [-0.39, 0.29) is 11.7 Å². The number of fused-ring (bicyclic) bond motifs is 1. The first kappa shape index (κ1) is 13.2. The summed E-state index contributed by atoms with van der Waals surface area (Å²) in [5.41, 5.74) is 0.429. The molecule has 1 atom stereocenters. The number of anilines is 1. The van der Waals surface area contributed by atoms with Crippen molar-refractivity contribution in [3.63, 3.8) is 0 Å². The minimum Gasteiger partial charge on any atom is -0.385 e. The van der Waals surface area contributed by atoms with Gasteiger partial charge in [-0.25, -0.2) is 0 Å². The van der Waals surface area contributed by atoms with E-state index in [0.29, 0.717) is 13.0 Å². The van der Waals surface area contributed by atoms with Gasteiger partial charge in [-0.2, -0.15) is 13.2 Å². The van der Waals surface area contributed by atoms with E-state index in [2.05, 4.69) is 5.32 Å². The molecule has 0 bridgehead atoms. The maximum Gasteiger partial charge on any atom is 0.418 e. The molecule has 0 saturated heterocycles. The van der Waals surface area contributed by atoms with Crippen molar-refractivity contribution < 1.29 is 17.9 Å². The fourth-order valence-corrected chi connectivity index (χ4v) is 2.30. The number of aryl methyl sites for hydroxylation is 1. The second-order valence-electron chi connectivity index (χ2n) is 4.50. The number of para-hydroxylation sites is 1. The quantitative estimate of drug-likeness (QED) is 0.897. The van der Waals surface area contributed by atoms with Crippen molar-refractivity contribution in [3.05, 3.63) is 29.3 Å². The molecule has 0 aliphatic carbocycles. The van der Waals surface area contributed by atoms with E-state index in [4.69, 9.17) is 4.74 Å². The lowest BCUT2D eigenvalue weighted by Gasteiger charge is -2.29. The standard InChI is InChI=1S/C13H16F3NO/c1-18-8-7-10-6-5-9-3-2-4-11(12(9)17-10)13(14,15)16/h2-4,10,17H,5-8H2,1H3. The average molecular weight is 259 g/mol. The van der Waals surface area contributed by atoms with Crippen molar-refractivity contribution in [3.8, 4) is 0 Å². The average Bonchev–Trinajstić information content (AvgIpc) is 2.34. The summed E-state index contributed by atoms with van der Waals surface area (Å²) in [5.74, 6) is 0. The SMILES string of the molecule is COCCC1CCc2cccc(C(F)(F)F)c2N1. The first-order valence-electron chi connectivity index (χ1n) is 5.97. The Bertz CT molecular complexity index is 417. The summed E-state index contributed by atoms with van der Waals surface area (Å²) >= 11 is 0. The Balaban J connectivity index is 2.23. The van der Waals surface area contributed by atoms with Crippen LogP contribution in [0.5, 0.6) is 0 Å². The second-order valence-corrected chi connectivity index (χ2v) is 4.50. The normalized spacial score (nSPS) is 19.2. The van der Waals surface area contributed by atoms with Gasteiger partial charge in [-0.1, -0.05) is 12.1 Å². The van der Waals surface area contributed by atoms with Crippen LogP contribution >= 0.6 is 0 Å². The zero-order valence-corrected chi connectivity index (χ0v) is 10.2. The minimum atomic E-state index is -4.30. The summed E-state index contributed by atoms with van der Waals surface area (Å²) in [5, 5.41) is 3.01. The second kappa shape index (κ2) is 5.18. The van der Waals surface area contributed by atoms with Crippen molar-refractivity contribution in [2.45, 2.75) is 31.5 Å². The van der Waals surface area contributed by atoms with Crippen molar-refractivity contribution in [1.29, 1.82) is 0 Å². The van der Waals surface area contributed by atoms with Gasteiger partial charge < -0.3 is 10.1 Å². The van der Waals surface area contributed by atoms with Crippen LogP contribution in [-0.4, -0.2) is 19.8 Å². The summed E-state index contributed by atoms with van der Waals surface area (Å²) in [6.07, 6.45) is -2.05. The predicted octanol–water partition coefficient (Wildman–Crippen LogP) is 3.47. The topological polar surface area (TPSA) is 21.3 Å². The molecule has 1 aliphatic rings. The highest BCUT2D eigenvalue weighted by Gasteiger charge is 2.35. The molecule has 0 aromatic heterocycles. The van der Waals surface area contributed by atoms with Crippen molar-refractivity contribution >= 4 is 5.69 Å². The van der Waals surface area contributed by atoms with Crippen LogP contribution in [0, 0.1) is 0 Å². The van der Waals surface area contributed by atoms with E-state index in [1.807, 2.05) is 0 Å². The van der Waals surface area contributed by atoms with Gasteiger partial charge in [-0.15, -0.1) is 0 Å². The van der Waals surface area contributed by atoms with Crippen molar-refractivity contribution in [2.75, 3.05) is 19.0 Å². The Labute approximate surface area is 104 Å². The fraction of sp³-hybridized carbons (Fsp3) is 0.538. The van der Waals surface area contributed by atoms with Crippen LogP contribution in [0.15, 0.2) is 18.2 Å². The molecular weight excluding hydrogens is 243 g/mol. The van der Waals surface area contributed by atoms with E-state index in [1.165, 1.54) is 6.07 Å². The zero-order chi connectivity index (χ0) is 13.2. The third kappa shape index (κ3) is 2.77. The Morgan fingerprint density at radius 3 is 2.83 bits per heavy atom. The number of rotatable bonds is 3. The summed E-state index contributed by atoms with van der Waals surface area (Å²) < 4.78 is 43.6. The molecular formula is C13H16F3NO. The zero-order valence-electron chi connectivity index (χ0n) is 10.2. The molecule has 18 heavy (non-hydrogen) atoms. The lowest BCUT2D eigenvalue weighted by Crippen LogP contribution is -2.28. The number of methoxy groups -OCH3 is 1. The van der Waals surface area contributed by atoms with Crippen LogP contribution in [0.3, 0.4) is 0 Å². The lowest BCUT2D eigenvalue weighted by molar-refractivity contribution is -0.137. The van der Waals surface area contributed by atoms with Crippen molar-refractivity contribution in [2.24, 2.45) is 0 Å². The maximum absolute atomic E-state index is 12.9. The van der Waals surface area contributed by atoms with Crippen LogP contribution in [0.2, 0.25) is 0 Å². The van der Waals surface area contributed by atoms with Crippen LogP contribution in [0.25, 0.3) is 0 Å². The van der Waals surface area contributed by atoms with Gasteiger partial charge >= 0.3 is 6.18 Å². The van der Waals surface area contributed by atoms with E-state index in [0.717, 1.165) is 24.5 Å². The summed E-state index contributed by atoms with van der Waals surface area (Å²) in [6.45, 7) is 0.557. The van der Waals surface area contributed by atoms with Gasteiger partial charge in [0.2, 0.25) is 0 Å². The van der Waals surface area contributed by atoms with Gasteiger partial charge in [0.1, 0.15) is 0 Å². The molecule has 1 unspecified atom stereocenters. The lowest BCUT2D eigenvalue weighted by atomic mass is 9.93. The van der Waals surface area contributed by atoms with Crippen LogP contribution in [-0.2, 0) is 17.3 Å². The van der Waals surface area contributed by atoms with Gasteiger partial charge in [0.15, 0.2) is 0 Å². The highest BCUT2D eigenvalue weighted by atomic mass is 19.4. The predicted molar refractivity (Wildman–Crippen MR) is 63.7 cm³/mol. The van der Waals surface area contributed by atoms with Crippen molar-refractivity contribution in [1.82, 2.24) is 0 Å². The fourth-order valence-electron chi connectivity index (χ4n) is 2.30. The van der Waals surface area contributed by atoms with Crippen LogP contribution < -0.4 is 5.32 Å². The smallest absolute Gasteiger partial charge is 0.385 e. The number of nitrogens with one attached hydrogen (secondary N) is 1. The molecule has 2 rings (SSSR count). The number of ether oxygens (including phenoxy) is 1. The third-order valence-electron chi connectivity index (χ3n) is 3.24. The van der Waals surface area contributed by atoms with Crippen LogP contribution in [0.4, 0.5) is 18.9 Å². The Morgan fingerprint density at radius 1 is 1.39 bits per heavy atom. The van der Waals surface area contributed by atoms with E-state index < -0.39 is 11.7 Å². The minimum absolute atomic E-state index is 0.0564. The Morgan fingerprint density at radius 2 is 2.17 bits per heavy atom. The van der Waals surface area contributed by atoms with Gasteiger partial charge in [0.05, 0.1) is 5.56 Å². The maximum atomic E-state index is 12.9. The highest BCUT2D eigenvalue weighted by Crippen LogP contribution is 2.39. The molecule has 5 heteroatoms. The molecule has 2 nitrogen and oxygen atoms in total. The first-order valence-corrected chi connectivity index (χ1v) is 5.97. The van der Waals surface area contributed by atoms with Gasteiger partial charge in [-0.3, -0.25) is 0 Å². The summed E-state index contributed by atoms with van der Waals surface area (Å²) in [4.78, 5) is 0. The Hall–Kier alpha value is -1.23. The Kier molecular flexibility index (Phi) is 3.80. The monoisotopic (exact) mass is 259 g/mol. The van der Waals surface area contributed by atoms with E-state index in [9.17, 15) is 13.2 Å². The summed E-state index contributed by atoms with van der Waals surface area (Å²) in [6, 6.07) is 4.41. The molecule has 0 amide bonds. The number of hydrogen-bond acceptors (Lipinski definition) is 2. The van der Waals surface area contributed by atoms with Crippen LogP contribution in [0.1, 0.15) is 24.0 Å². The molecule has 1 aromatic carbocycles. The summed E-state index contributed by atoms with van der Waals surface area (Å²) in [7, 11) is 1.60. The van der Waals surface area contributed by atoms with Gasteiger partial charge in [0.25, 0.3) is 0 Å². The molecule has 1 aromatic rings. The molecule has 0 fully saturated rings. The molecule has 1 N–H and O–H groups in total. The third-order valence-corrected chi connectivity index (χ3v) is 3.24. The molecule has 0 saturated carbocycles. The van der Waals surface area contributed by atoms with E-state index in [1.54, 1.807) is 13.2 Å². The number of benzene rings is 1. The molecule has 1 heterocycles. The van der Waals surface area contributed by atoms with Gasteiger partial charge in [0, 0.05) is 25.4 Å². The number of hydrogen-bond donors (Lipinski definition) is 1. The molecule has 0 radical (unpaired) electrons. The number of alkyl halides is 3. The largest absolute Gasteiger partial charge is 0.418 e. The molecule has 1 aliphatic heterocycles. The molecule has 0 spiro atoms. The van der Waals surface area contributed by atoms with Gasteiger partial charge in [-0.05, 0) is 30.9 Å². The highest BCUT2D eigenvalue weighted by molar-refractivity contribution is 5.61. The molecule has 100 valence electrons. The first-order chi connectivity index (χ1) is 8.52.